The van der Waals surface area contributed by atoms with Gasteiger partial charge in [-0.1, -0.05) is 30.0 Å². The van der Waals surface area contributed by atoms with Crippen molar-refractivity contribution in [2.45, 2.75) is 17.2 Å². The minimum absolute atomic E-state index is 0.0344. The Morgan fingerprint density at radius 2 is 1.81 bits per heavy atom. The van der Waals surface area contributed by atoms with E-state index in [-0.39, 0.29) is 5.25 Å². The van der Waals surface area contributed by atoms with Crippen LogP contribution in [-0.4, -0.2) is 27.3 Å². The number of methoxy groups -OCH3 is 1. The lowest BCUT2D eigenvalue weighted by atomic mass is 10.2. The van der Waals surface area contributed by atoms with Gasteiger partial charge in [-0.2, -0.15) is 0 Å². The number of benzene rings is 2. The lowest BCUT2D eigenvalue weighted by Crippen LogP contribution is -1.92. The highest BCUT2D eigenvalue weighted by Crippen LogP contribution is 2.36. The van der Waals surface area contributed by atoms with Gasteiger partial charge in [-0.25, -0.2) is 9.97 Å². The SMILES string of the molecule is COc1ccc(-c2nnc([C@@H](C)Sc3ncnc4ccccc34)o2)cc1. The van der Waals surface area contributed by atoms with Crippen LogP contribution in [0.3, 0.4) is 0 Å². The van der Waals surface area contributed by atoms with Crippen LogP contribution in [0.25, 0.3) is 22.4 Å². The van der Waals surface area contributed by atoms with Gasteiger partial charge in [0.05, 0.1) is 17.9 Å². The summed E-state index contributed by atoms with van der Waals surface area (Å²) in [6.07, 6.45) is 1.58. The summed E-state index contributed by atoms with van der Waals surface area (Å²) in [6, 6.07) is 15.5. The van der Waals surface area contributed by atoms with Gasteiger partial charge in [0, 0.05) is 10.9 Å². The Bertz CT molecular complexity index is 1030. The van der Waals surface area contributed by atoms with E-state index in [2.05, 4.69) is 20.2 Å². The third-order valence-electron chi connectivity index (χ3n) is 3.92. The molecule has 0 amide bonds. The predicted octanol–water partition coefficient (Wildman–Crippen LogP) is 4.54. The number of para-hydroxylation sites is 1. The van der Waals surface area contributed by atoms with Gasteiger partial charge in [0.1, 0.15) is 17.1 Å². The molecule has 6 nitrogen and oxygen atoms in total. The lowest BCUT2D eigenvalue weighted by molar-refractivity contribution is 0.415. The van der Waals surface area contributed by atoms with E-state index >= 15 is 0 Å². The van der Waals surface area contributed by atoms with Crippen molar-refractivity contribution in [2.75, 3.05) is 7.11 Å². The highest BCUT2D eigenvalue weighted by Gasteiger charge is 2.18. The second-order valence-electron chi connectivity index (χ2n) is 5.63. The fourth-order valence-corrected chi connectivity index (χ4v) is 3.48. The van der Waals surface area contributed by atoms with Crippen molar-refractivity contribution in [3.63, 3.8) is 0 Å². The molecule has 0 aliphatic carbocycles. The fraction of sp³-hybridized carbons (Fsp3) is 0.158. The van der Waals surface area contributed by atoms with Gasteiger partial charge in [-0.05, 0) is 37.3 Å². The first-order valence-electron chi connectivity index (χ1n) is 8.09. The second kappa shape index (κ2) is 7.13. The smallest absolute Gasteiger partial charge is 0.247 e. The van der Waals surface area contributed by atoms with E-state index < -0.39 is 0 Å². The molecule has 4 aromatic rings. The van der Waals surface area contributed by atoms with Gasteiger partial charge >= 0.3 is 0 Å². The number of hydrogen-bond acceptors (Lipinski definition) is 7. The van der Waals surface area contributed by atoms with Crippen LogP contribution < -0.4 is 4.74 Å². The Morgan fingerprint density at radius 1 is 1.00 bits per heavy atom. The molecule has 0 aliphatic heterocycles. The molecule has 130 valence electrons. The van der Waals surface area contributed by atoms with Crippen molar-refractivity contribution >= 4 is 22.7 Å². The third-order valence-corrected chi connectivity index (χ3v) is 5.02. The molecule has 0 N–H and O–H groups in total. The summed E-state index contributed by atoms with van der Waals surface area (Å²) in [5.41, 5.74) is 1.77. The quantitative estimate of drug-likeness (QED) is 0.380. The normalized spacial score (nSPS) is 12.2. The van der Waals surface area contributed by atoms with Gasteiger partial charge in [0.25, 0.3) is 0 Å². The van der Waals surface area contributed by atoms with Crippen molar-refractivity contribution in [1.29, 1.82) is 0 Å². The van der Waals surface area contributed by atoms with E-state index in [1.165, 1.54) is 0 Å². The minimum Gasteiger partial charge on any atom is -0.497 e. The molecule has 2 aromatic carbocycles. The Hall–Kier alpha value is -2.93. The molecule has 0 radical (unpaired) electrons. The Kier molecular flexibility index (Phi) is 4.53. The molecule has 0 saturated heterocycles. The first kappa shape index (κ1) is 16.5. The van der Waals surface area contributed by atoms with Crippen LogP contribution in [0.15, 0.2) is 64.3 Å². The lowest BCUT2D eigenvalue weighted by Gasteiger charge is -2.08. The number of fused-ring (bicyclic) bond motifs is 1. The molecular formula is C19H16N4O2S. The molecule has 2 heterocycles. The van der Waals surface area contributed by atoms with E-state index in [4.69, 9.17) is 9.15 Å². The Morgan fingerprint density at radius 3 is 2.62 bits per heavy atom. The summed E-state index contributed by atoms with van der Waals surface area (Å²) >= 11 is 1.57. The van der Waals surface area contributed by atoms with Crippen molar-refractivity contribution in [3.8, 4) is 17.2 Å². The summed E-state index contributed by atoms with van der Waals surface area (Å²) < 4.78 is 11.0. The van der Waals surface area contributed by atoms with E-state index in [0.717, 1.165) is 27.2 Å². The van der Waals surface area contributed by atoms with Crippen molar-refractivity contribution in [3.05, 3.63) is 60.7 Å². The van der Waals surface area contributed by atoms with Crippen molar-refractivity contribution in [1.82, 2.24) is 20.2 Å². The van der Waals surface area contributed by atoms with Crippen molar-refractivity contribution < 1.29 is 9.15 Å². The average Bonchev–Trinajstić information content (AvgIpc) is 3.19. The molecule has 26 heavy (non-hydrogen) atoms. The molecule has 2 aromatic heterocycles. The number of nitrogens with zero attached hydrogens (tertiary/aromatic N) is 4. The number of rotatable bonds is 5. The van der Waals surface area contributed by atoms with E-state index in [9.17, 15) is 0 Å². The molecule has 0 bridgehead atoms. The molecule has 7 heteroatoms. The summed E-state index contributed by atoms with van der Waals surface area (Å²) in [6.45, 7) is 2.02. The number of thioether (sulfide) groups is 1. The van der Waals surface area contributed by atoms with Crippen LogP contribution in [0.5, 0.6) is 5.75 Å². The Balaban J connectivity index is 1.57. The van der Waals surface area contributed by atoms with Crippen LogP contribution in [0.4, 0.5) is 0 Å². The van der Waals surface area contributed by atoms with Gasteiger partial charge in [0.15, 0.2) is 0 Å². The van der Waals surface area contributed by atoms with Gasteiger partial charge in [0.2, 0.25) is 11.8 Å². The van der Waals surface area contributed by atoms with Crippen LogP contribution in [-0.2, 0) is 0 Å². The van der Waals surface area contributed by atoms with Crippen LogP contribution in [0.1, 0.15) is 18.1 Å². The predicted molar refractivity (Wildman–Crippen MR) is 100 cm³/mol. The highest BCUT2D eigenvalue weighted by molar-refractivity contribution is 7.99. The first-order chi connectivity index (χ1) is 12.7. The topological polar surface area (TPSA) is 73.9 Å². The van der Waals surface area contributed by atoms with E-state index in [1.54, 1.807) is 25.2 Å². The zero-order valence-corrected chi connectivity index (χ0v) is 15.1. The standard InChI is InChI=1S/C19H16N4O2S/c1-12(26-19-15-5-3-4-6-16(15)20-11-21-19)17-22-23-18(25-17)13-7-9-14(24-2)10-8-13/h3-12H,1-2H3/t12-/m1/s1. The van der Waals surface area contributed by atoms with Gasteiger partial charge in [-0.15, -0.1) is 10.2 Å². The monoisotopic (exact) mass is 364 g/mol. The highest BCUT2D eigenvalue weighted by atomic mass is 32.2. The summed E-state index contributed by atoms with van der Waals surface area (Å²) in [5, 5.41) is 10.2. The molecule has 0 aliphatic rings. The summed E-state index contributed by atoms with van der Waals surface area (Å²) in [7, 11) is 1.63. The molecular weight excluding hydrogens is 348 g/mol. The zero-order chi connectivity index (χ0) is 17.9. The molecule has 0 unspecified atom stereocenters. The van der Waals surface area contributed by atoms with E-state index in [0.29, 0.717) is 11.8 Å². The minimum atomic E-state index is -0.0344. The molecule has 0 saturated carbocycles. The maximum absolute atomic E-state index is 5.86. The largest absolute Gasteiger partial charge is 0.497 e. The molecule has 0 fully saturated rings. The van der Waals surface area contributed by atoms with E-state index in [1.807, 2.05) is 55.5 Å². The number of ether oxygens (including phenoxy) is 1. The summed E-state index contributed by atoms with van der Waals surface area (Å²) in [4.78, 5) is 8.70. The molecule has 0 spiro atoms. The van der Waals surface area contributed by atoms with Crippen LogP contribution >= 0.6 is 11.8 Å². The summed E-state index contributed by atoms with van der Waals surface area (Å²) in [5.74, 6) is 1.83. The second-order valence-corrected chi connectivity index (χ2v) is 6.96. The number of aromatic nitrogens is 4. The average molecular weight is 364 g/mol. The van der Waals surface area contributed by atoms with Crippen LogP contribution in [0, 0.1) is 0 Å². The fourth-order valence-electron chi connectivity index (χ4n) is 2.54. The third kappa shape index (κ3) is 3.25. The zero-order valence-electron chi connectivity index (χ0n) is 14.3. The van der Waals surface area contributed by atoms with Crippen molar-refractivity contribution in [2.24, 2.45) is 0 Å². The van der Waals surface area contributed by atoms with Gasteiger partial charge in [-0.3, -0.25) is 0 Å². The Labute approximate surface area is 154 Å². The maximum atomic E-state index is 5.86. The molecule has 1 atom stereocenters. The number of hydrogen-bond donors (Lipinski definition) is 0. The maximum Gasteiger partial charge on any atom is 0.247 e. The molecule has 4 rings (SSSR count). The first-order valence-corrected chi connectivity index (χ1v) is 8.97. The van der Waals surface area contributed by atoms with Gasteiger partial charge < -0.3 is 9.15 Å². The van der Waals surface area contributed by atoms with Crippen LogP contribution in [0.2, 0.25) is 0 Å².